The smallest absolute Gasteiger partial charge is 0.227 e. The van der Waals surface area contributed by atoms with Crippen molar-refractivity contribution in [3.8, 4) is 0 Å². The fourth-order valence-corrected chi connectivity index (χ4v) is 2.66. The van der Waals surface area contributed by atoms with Gasteiger partial charge in [0, 0.05) is 23.8 Å². The van der Waals surface area contributed by atoms with E-state index in [-0.39, 0.29) is 0 Å². The molecule has 4 heteroatoms. The van der Waals surface area contributed by atoms with Crippen molar-refractivity contribution in [3.05, 3.63) is 65.9 Å². The van der Waals surface area contributed by atoms with Gasteiger partial charge in [0.05, 0.1) is 5.52 Å². The second kappa shape index (κ2) is 7.90. The monoisotopic (exact) mass is 332 g/mol. The fraction of sp³-hybridized carbons (Fsp3) is 0.238. The lowest BCUT2D eigenvalue weighted by Gasteiger charge is -2.10. The molecule has 0 aliphatic heterocycles. The Hall–Kier alpha value is -2.72. The van der Waals surface area contributed by atoms with Crippen molar-refractivity contribution in [2.45, 2.75) is 19.9 Å². The molecule has 0 amide bonds. The Balaban J connectivity index is 1.76. The Bertz CT molecular complexity index is 867. The van der Waals surface area contributed by atoms with Gasteiger partial charge in [0.15, 0.2) is 0 Å². The van der Waals surface area contributed by atoms with Gasteiger partial charge in [-0.25, -0.2) is 9.97 Å². The Kier molecular flexibility index (Phi) is 5.41. The SMILES string of the molecule is CC/C=C/c1ccc2nc(Nc3ccc(CN(C)C)cc3)ncc2c1. The molecule has 0 spiro atoms. The molecule has 0 atom stereocenters. The van der Waals surface area contributed by atoms with E-state index < -0.39 is 0 Å². The summed E-state index contributed by atoms with van der Waals surface area (Å²) < 4.78 is 0. The van der Waals surface area contributed by atoms with Crippen LogP contribution in [0.4, 0.5) is 11.6 Å². The van der Waals surface area contributed by atoms with Crippen LogP contribution < -0.4 is 5.32 Å². The molecule has 0 saturated heterocycles. The summed E-state index contributed by atoms with van der Waals surface area (Å²) in [6.07, 6.45) is 7.18. The molecule has 128 valence electrons. The van der Waals surface area contributed by atoms with Gasteiger partial charge in [0.2, 0.25) is 5.95 Å². The lowest BCUT2D eigenvalue weighted by atomic mass is 10.1. The number of hydrogen-bond acceptors (Lipinski definition) is 4. The Morgan fingerprint density at radius 1 is 1.08 bits per heavy atom. The van der Waals surface area contributed by atoms with Gasteiger partial charge in [-0.05, 0) is 55.9 Å². The molecule has 1 heterocycles. The highest BCUT2D eigenvalue weighted by Crippen LogP contribution is 2.19. The van der Waals surface area contributed by atoms with E-state index in [1.165, 1.54) is 11.1 Å². The quantitative estimate of drug-likeness (QED) is 0.700. The average Bonchev–Trinajstić information content (AvgIpc) is 2.61. The minimum Gasteiger partial charge on any atom is -0.324 e. The molecule has 2 aromatic carbocycles. The number of benzene rings is 2. The van der Waals surface area contributed by atoms with Crippen molar-refractivity contribution in [1.82, 2.24) is 14.9 Å². The van der Waals surface area contributed by atoms with Crippen molar-refractivity contribution in [1.29, 1.82) is 0 Å². The fourth-order valence-electron chi connectivity index (χ4n) is 2.66. The molecule has 0 aliphatic carbocycles. The van der Waals surface area contributed by atoms with E-state index in [1.807, 2.05) is 12.3 Å². The van der Waals surface area contributed by atoms with Gasteiger partial charge in [-0.3, -0.25) is 0 Å². The second-order valence-corrected chi connectivity index (χ2v) is 6.38. The second-order valence-electron chi connectivity index (χ2n) is 6.38. The van der Waals surface area contributed by atoms with Crippen molar-refractivity contribution in [3.63, 3.8) is 0 Å². The van der Waals surface area contributed by atoms with E-state index in [9.17, 15) is 0 Å². The molecule has 0 fully saturated rings. The van der Waals surface area contributed by atoms with Gasteiger partial charge in [0.1, 0.15) is 0 Å². The molecule has 0 radical (unpaired) electrons. The van der Waals surface area contributed by atoms with Crippen molar-refractivity contribution < 1.29 is 0 Å². The summed E-state index contributed by atoms with van der Waals surface area (Å²) in [7, 11) is 4.14. The largest absolute Gasteiger partial charge is 0.324 e. The first-order valence-corrected chi connectivity index (χ1v) is 8.58. The van der Waals surface area contributed by atoms with Crippen LogP contribution in [-0.2, 0) is 6.54 Å². The van der Waals surface area contributed by atoms with E-state index in [1.54, 1.807) is 0 Å². The zero-order valence-electron chi connectivity index (χ0n) is 15.0. The summed E-state index contributed by atoms with van der Waals surface area (Å²) in [6, 6.07) is 14.6. The first-order chi connectivity index (χ1) is 12.1. The summed E-state index contributed by atoms with van der Waals surface area (Å²) in [5, 5.41) is 4.32. The van der Waals surface area contributed by atoms with E-state index in [4.69, 9.17) is 0 Å². The molecule has 0 saturated carbocycles. The number of fused-ring (bicyclic) bond motifs is 1. The van der Waals surface area contributed by atoms with E-state index in [2.05, 4.69) is 89.8 Å². The molecule has 3 aromatic rings. The van der Waals surface area contributed by atoms with Gasteiger partial charge in [-0.2, -0.15) is 0 Å². The summed E-state index contributed by atoms with van der Waals surface area (Å²) in [6.45, 7) is 3.06. The minimum atomic E-state index is 0.615. The Labute approximate surface area is 149 Å². The molecule has 0 unspecified atom stereocenters. The maximum absolute atomic E-state index is 4.61. The van der Waals surface area contributed by atoms with Crippen LogP contribution in [-0.4, -0.2) is 29.0 Å². The van der Waals surface area contributed by atoms with E-state index >= 15 is 0 Å². The van der Waals surface area contributed by atoms with Crippen LogP contribution in [0.3, 0.4) is 0 Å². The molecular formula is C21H24N4. The van der Waals surface area contributed by atoms with Gasteiger partial charge in [0.25, 0.3) is 0 Å². The average molecular weight is 332 g/mol. The number of nitrogens with one attached hydrogen (secondary N) is 1. The summed E-state index contributed by atoms with van der Waals surface area (Å²) >= 11 is 0. The number of anilines is 2. The lowest BCUT2D eigenvalue weighted by Crippen LogP contribution is -2.10. The van der Waals surface area contributed by atoms with Gasteiger partial charge >= 0.3 is 0 Å². The zero-order chi connectivity index (χ0) is 17.6. The Morgan fingerprint density at radius 3 is 2.60 bits per heavy atom. The van der Waals surface area contributed by atoms with Crippen LogP contribution in [0.15, 0.2) is 54.7 Å². The summed E-state index contributed by atoms with van der Waals surface area (Å²) in [4.78, 5) is 11.2. The first kappa shape index (κ1) is 17.1. The Morgan fingerprint density at radius 2 is 1.88 bits per heavy atom. The molecule has 0 aliphatic rings. The van der Waals surface area contributed by atoms with E-state index in [0.717, 1.165) is 29.6 Å². The molecule has 25 heavy (non-hydrogen) atoms. The van der Waals surface area contributed by atoms with Crippen LogP contribution in [0.1, 0.15) is 24.5 Å². The van der Waals surface area contributed by atoms with Crippen LogP contribution in [0, 0.1) is 0 Å². The number of nitrogens with zero attached hydrogens (tertiary/aromatic N) is 3. The van der Waals surface area contributed by atoms with Crippen LogP contribution in [0.5, 0.6) is 0 Å². The molecule has 1 N–H and O–H groups in total. The predicted molar refractivity (Wildman–Crippen MR) is 106 cm³/mol. The highest BCUT2D eigenvalue weighted by Gasteiger charge is 2.02. The van der Waals surface area contributed by atoms with Crippen LogP contribution in [0.2, 0.25) is 0 Å². The number of rotatable bonds is 6. The maximum atomic E-state index is 4.61. The van der Waals surface area contributed by atoms with Crippen LogP contribution >= 0.6 is 0 Å². The topological polar surface area (TPSA) is 41.1 Å². The van der Waals surface area contributed by atoms with E-state index in [0.29, 0.717) is 5.95 Å². The molecule has 4 nitrogen and oxygen atoms in total. The van der Waals surface area contributed by atoms with Crippen LogP contribution in [0.25, 0.3) is 17.0 Å². The highest BCUT2D eigenvalue weighted by molar-refractivity contribution is 5.81. The standard InChI is InChI=1S/C21H24N4/c1-4-5-6-16-9-12-20-18(13-16)14-22-21(24-20)23-19-10-7-17(8-11-19)15-25(2)3/h5-14H,4,15H2,1-3H3,(H,22,23,24)/b6-5+. The highest BCUT2D eigenvalue weighted by atomic mass is 15.1. The molecular weight excluding hydrogens is 308 g/mol. The lowest BCUT2D eigenvalue weighted by molar-refractivity contribution is 0.402. The first-order valence-electron chi connectivity index (χ1n) is 8.58. The van der Waals surface area contributed by atoms with Crippen molar-refractivity contribution >= 4 is 28.6 Å². The zero-order valence-corrected chi connectivity index (χ0v) is 15.0. The van der Waals surface area contributed by atoms with Crippen molar-refractivity contribution in [2.75, 3.05) is 19.4 Å². The number of allylic oxidation sites excluding steroid dienone is 1. The summed E-state index contributed by atoms with van der Waals surface area (Å²) in [5.41, 5.74) is 4.39. The molecule has 3 rings (SSSR count). The third-order valence-corrected chi connectivity index (χ3v) is 3.86. The van der Waals surface area contributed by atoms with Gasteiger partial charge < -0.3 is 10.2 Å². The van der Waals surface area contributed by atoms with Crippen molar-refractivity contribution in [2.24, 2.45) is 0 Å². The third kappa shape index (κ3) is 4.64. The predicted octanol–water partition coefficient (Wildman–Crippen LogP) is 4.86. The van der Waals surface area contributed by atoms with Gasteiger partial charge in [-0.1, -0.05) is 37.3 Å². The van der Waals surface area contributed by atoms with Gasteiger partial charge in [-0.15, -0.1) is 0 Å². The molecule has 1 aromatic heterocycles. The minimum absolute atomic E-state index is 0.615. The maximum Gasteiger partial charge on any atom is 0.227 e. The normalized spacial score (nSPS) is 11.5. The molecule has 0 bridgehead atoms. The third-order valence-electron chi connectivity index (χ3n) is 3.86. The number of aromatic nitrogens is 2. The number of hydrogen-bond donors (Lipinski definition) is 1. The summed E-state index contributed by atoms with van der Waals surface area (Å²) in [5.74, 6) is 0.615.